The summed E-state index contributed by atoms with van der Waals surface area (Å²) in [6, 6.07) is 17.6. The normalized spacial score (nSPS) is 16.2. The molecule has 1 aliphatic heterocycles. The Balaban J connectivity index is 1.72. The van der Waals surface area contributed by atoms with E-state index in [1.165, 1.54) is 17.5 Å². The highest BCUT2D eigenvalue weighted by Gasteiger charge is 2.26. The van der Waals surface area contributed by atoms with Crippen LogP contribution in [0.3, 0.4) is 0 Å². The van der Waals surface area contributed by atoms with Crippen LogP contribution in [0.5, 0.6) is 11.5 Å². The molecule has 3 aromatic rings. The first-order valence-corrected chi connectivity index (χ1v) is 11.2. The summed E-state index contributed by atoms with van der Waals surface area (Å²) in [7, 11) is 5.83. The van der Waals surface area contributed by atoms with E-state index in [-0.39, 0.29) is 11.3 Å². The molecule has 1 saturated heterocycles. The van der Waals surface area contributed by atoms with Crippen molar-refractivity contribution >= 4 is 0 Å². The lowest BCUT2D eigenvalue weighted by molar-refractivity contribution is 0.201. The van der Waals surface area contributed by atoms with Gasteiger partial charge in [-0.15, -0.1) is 0 Å². The van der Waals surface area contributed by atoms with Gasteiger partial charge in [0.25, 0.3) is 0 Å². The van der Waals surface area contributed by atoms with Crippen LogP contribution in [0.1, 0.15) is 24.0 Å². The van der Waals surface area contributed by atoms with Gasteiger partial charge in [-0.3, -0.25) is 9.69 Å². The minimum absolute atomic E-state index is 0.210. The van der Waals surface area contributed by atoms with Crippen LogP contribution in [0.4, 0.5) is 0 Å². The van der Waals surface area contributed by atoms with Gasteiger partial charge in [0.2, 0.25) is 5.75 Å². The second kappa shape index (κ2) is 9.99. The Kier molecular flexibility index (Phi) is 6.87. The zero-order chi connectivity index (χ0) is 23.4. The van der Waals surface area contributed by atoms with Gasteiger partial charge < -0.3 is 9.64 Å². The van der Waals surface area contributed by atoms with Gasteiger partial charge >= 0.3 is 5.56 Å². The Morgan fingerprint density at radius 3 is 2.79 bits per heavy atom. The molecular weight excluding hydrogens is 414 g/mol. The van der Waals surface area contributed by atoms with E-state index < -0.39 is 0 Å². The molecule has 1 atom stereocenters. The topological polar surface area (TPSA) is 74.4 Å². The number of nitrogens with zero attached hydrogens (tertiary/aromatic N) is 5. The molecule has 2 heterocycles. The van der Waals surface area contributed by atoms with E-state index in [0.29, 0.717) is 22.9 Å². The fourth-order valence-corrected chi connectivity index (χ4v) is 4.43. The second-order valence-corrected chi connectivity index (χ2v) is 8.74. The van der Waals surface area contributed by atoms with Gasteiger partial charge in [-0.05, 0) is 62.8 Å². The number of aromatic nitrogens is 2. The first kappa shape index (κ1) is 22.7. The summed E-state index contributed by atoms with van der Waals surface area (Å²) in [6.45, 7) is 2.89. The molecule has 1 aromatic heterocycles. The highest BCUT2D eigenvalue weighted by Crippen LogP contribution is 2.34. The summed E-state index contributed by atoms with van der Waals surface area (Å²) >= 11 is 0. The van der Waals surface area contributed by atoms with Crippen LogP contribution in [-0.2, 0) is 13.6 Å². The predicted molar refractivity (Wildman–Crippen MR) is 128 cm³/mol. The molecule has 1 fully saturated rings. The number of nitriles is 1. The van der Waals surface area contributed by atoms with Gasteiger partial charge in [0, 0.05) is 26.2 Å². The van der Waals surface area contributed by atoms with Crippen LogP contribution in [0.2, 0.25) is 0 Å². The molecule has 170 valence electrons. The van der Waals surface area contributed by atoms with Gasteiger partial charge in [0.15, 0.2) is 0 Å². The number of hydrogen-bond acceptors (Lipinski definition) is 6. The van der Waals surface area contributed by atoms with Crippen LogP contribution in [0, 0.1) is 11.3 Å². The van der Waals surface area contributed by atoms with E-state index in [0.717, 1.165) is 30.8 Å². The summed E-state index contributed by atoms with van der Waals surface area (Å²) in [4.78, 5) is 17.8. The second-order valence-electron chi connectivity index (χ2n) is 8.74. The maximum absolute atomic E-state index is 13.0. The van der Waals surface area contributed by atoms with Crippen LogP contribution in [-0.4, -0.2) is 52.8 Å². The quantitative estimate of drug-likeness (QED) is 0.555. The number of ether oxygens (including phenoxy) is 1. The molecular formula is C26H29N5O2. The van der Waals surface area contributed by atoms with E-state index in [2.05, 4.69) is 41.1 Å². The molecule has 1 aliphatic rings. The maximum Gasteiger partial charge on any atom is 0.310 e. The minimum atomic E-state index is -0.323. The third-order valence-corrected chi connectivity index (χ3v) is 6.03. The van der Waals surface area contributed by atoms with Gasteiger partial charge in [0.05, 0.1) is 23.4 Å². The van der Waals surface area contributed by atoms with Crippen LogP contribution >= 0.6 is 0 Å². The zero-order valence-electron chi connectivity index (χ0n) is 19.4. The molecule has 0 N–H and O–H groups in total. The maximum atomic E-state index is 13.0. The van der Waals surface area contributed by atoms with E-state index in [4.69, 9.17) is 4.74 Å². The fraction of sp³-hybridized carbons (Fsp3) is 0.346. The van der Waals surface area contributed by atoms with Crippen molar-refractivity contribution in [3.8, 4) is 28.7 Å². The van der Waals surface area contributed by atoms with Crippen LogP contribution < -0.4 is 10.3 Å². The zero-order valence-corrected chi connectivity index (χ0v) is 19.4. The monoisotopic (exact) mass is 443 g/mol. The highest BCUT2D eigenvalue weighted by molar-refractivity contribution is 5.72. The molecule has 0 aliphatic carbocycles. The molecule has 2 aromatic carbocycles. The SMILES string of the molecule is CN(C)CC1CCCN1Cc1ccccc1-c1cnn(C)c(=O)c1Oc1cccc(C#N)c1. The Morgan fingerprint density at radius 2 is 2.00 bits per heavy atom. The molecule has 4 rings (SSSR count). The number of likely N-dealkylation sites (tertiary alicyclic amines) is 1. The van der Waals surface area contributed by atoms with Gasteiger partial charge in [-0.1, -0.05) is 30.3 Å². The molecule has 0 saturated carbocycles. The summed E-state index contributed by atoms with van der Waals surface area (Å²) in [5.41, 5.74) is 2.87. The Morgan fingerprint density at radius 1 is 1.18 bits per heavy atom. The van der Waals surface area contributed by atoms with Gasteiger partial charge in [-0.2, -0.15) is 10.4 Å². The number of aryl methyl sites for hydroxylation is 1. The largest absolute Gasteiger partial charge is 0.451 e. The average Bonchev–Trinajstić information content (AvgIpc) is 3.23. The predicted octanol–water partition coefficient (Wildman–Crippen LogP) is 3.64. The first-order chi connectivity index (χ1) is 16.0. The van der Waals surface area contributed by atoms with E-state index in [9.17, 15) is 10.1 Å². The van der Waals surface area contributed by atoms with Crippen molar-refractivity contribution in [1.82, 2.24) is 19.6 Å². The van der Waals surface area contributed by atoms with Gasteiger partial charge in [0.1, 0.15) is 5.75 Å². The number of hydrogen-bond donors (Lipinski definition) is 0. The Labute approximate surface area is 194 Å². The van der Waals surface area contributed by atoms with Crippen molar-refractivity contribution in [2.24, 2.45) is 7.05 Å². The van der Waals surface area contributed by atoms with E-state index in [1.54, 1.807) is 37.5 Å². The lowest BCUT2D eigenvalue weighted by Crippen LogP contribution is -2.37. The van der Waals surface area contributed by atoms with Crippen molar-refractivity contribution in [2.75, 3.05) is 27.2 Å². The molecule has 0 spiro atoms. The molecule has 7 heteroatoms. The highest BCUT2D eigenvalue weighted by atomic mass is 16.5. The molecule has 33 heavy (non-hydrogen) atoms. The minimum Gasteiger partial charge on any atom is -0.451 e. The summed E-state index contributed by atoms with van der Waals surface area (Å²) in [5, 5.41) is 13.5. The standard InChI is InChI=1S/C26H29N5O2/c1-29(2)18-21-10-7-13-31(21)17-20-9-4-5-12-23(20)24-16-28-30(3)26(32)25(24)33-22-11-6-8-19(14-22)15-27/h4-6,8-9,11-12,14,16,21H,7,10,13,17-18H2,1-3H3. The van der Waals surface area contributed by atoms with Crippen molar-refractivity contribution in [1.29, 1.82) is 5.26 Å². The smallest absolute Gasteiger partial charge is 0.310 e. The molecule has 7 nitrogen and oxygen atoms in total. The van der Waals surface area contributed by atoms with Crippen molar-refractivity contribution in [3.63, 3.8) is 0 Å². The third-order valence-electron chi connectivity index (χ3n) is 6.03. The lowest BCUT2D eigenvalue weighted by atomic mass is 10.00. The summed E-state index contributed by atoms with van der Waals surface area (Å²) in [5.74, 6) is 0.656. The van der Waals surface area contributed by atoms with Crippen molar-refractivity contribution < 1.29 is 4.74 Å². The van der Waals surface area contributed by atoms with Crippen LogP contribution in [0.15, 0.2) is 59.5 Å². The van der Waals surface area contributed by atoms with Gasteiger partial charge in [-0.25, -0.2) is 4.68 Å². The Hall–Kier alpha value is -3.47. The fourth-order valence-electron chi connectivity index (χ4n) is 4.43. The number of rotatable bonds is 7. The lowest BCUT2D eigenvalue weighted by Gasteiger charge is -2.28. The molecule has 0 amide bonds. The van der Waals surface area contributed by atoms with Crippen molar-refractivity contribution in [2.45, 2.75) is 25.4 Å². The summed E-state index contributed by atoms with van der Waals surface area (Å²) < 4.78 is 7.34. The Bertz CT molecular complexity index is 1230. The van der Waals surface area contributed by atoms with Crippen LogP contribution in [0.25, 0.3) is 11.1 Å². The summed E-state index contributed by atoms with van der Waals surface area (Å²) in [6.07, 6.45) is 4.07. The number of likely N-dealkylation sites (N-methyl/N-ethyl adjacent to an activating group) is 1. The van der Waals surface area contributed by atoms with Crippen molar-refractivity contribution in [3.05, 3.63) is 76.2 Å². The number of benzene rings is 2. The first-order valence-electron chi connectivity index (χ1n) is 11.2. The van der Waals surface area contributed by atoms with E-state index >= 15 is 0 Å². The average molecular weight is 444 g/mol. The molecule has 0 radical (unpaired) electrons. The molecule has 1 unspecified atom stereocenters. The molecule has 0 bridgehead atoms. The third kappa shape index (κ3) is 5.14. The van der Waals surface area contributed by atoms with E-state index in [1.807, 2.05) is 18.2 Å².